The molecule has 0 bridgehead atoms. The molecule has 2 aromatic carbocycles. The molecule has 0 aliphatic carbocycles. The summed E-state index contributed by atoms with van der Waals surface area (Å²) in [5.41, 5.74) is 0.723. The van der Waals surface area contributed by atoms with Crippen molar-refractivity contribution in [3.63, 3.8) is 0 Å². The van der Waals surface area contributed by atoms with Crippen LogP contribution in [0.2, 0.25) is 0 Å². The molecule has 2 atom stereocenters. The minimum Gasteiger partial charge on any atom is -0.508 e. The molecule has 1 saturated heterocycles. The van der Waals surface area contributed by atoms with Gasteiger partial charge < -0.3 is 10.2 Å². The molecule has 1 aliphatic rings. The Bertz CT molecular complexity index is 1280. The van der Waals surface area contributed by atoms with Crippen LogP contribution in [0.5, 0.6) is 5.75 Å². The molecule has 1 aliphatic heterocycles. The van der Waals surface area contributed by atoms with E-state index in [-0.39, 0.29) is 35.4 Å². The highest BCUT2D eigenvalue weighted by Crippen LogP contribution is 2.41. The van der Waals surface area contributed by atoms with Crippen LogP contribution >= 0.6 is 0 Å². The van der Waals surface area contributed by atoms with Crippen LogP contribution in [0.15, 0.2) is 78.0 Å². The number of carboxylic acid groups (broad SMARTS) is 1. The zero-order chi connectivity index (χ0) is 23.4. The molecule has 2 N–H and O–H groups in total. The van der Waals surface area contributed by atoms with Gasteiger partial charge in [-0.1, -0.05) is 42.5 Å². The van der Waals surface area contributed by atoms with Gasteiger partial charge in [0.1, 0.15) is 5.75 Å². The molecule has 1 aromatic heterocycles. The van der Waals surface area contributed by atoms with Crippen molar-refractivity contribution < 1.29 is 23.4 Å². The number of aromatic hydroxyl groups is 1. The lowest BCUT2D eigenvalue weighted by Gasteiger charge is -2.18. The molecule has 2 unspecified atom stereocenters. The van der Waals surface area contributed by atoms with E-state index < -0.39 is 16.0 Å². The highest BCUT2D eigenvalue weighted by molar-refractivity contribution is 7.89. The van der Waals surface area contributed by atoms with Gasteiger partial charge in [0, 0.05) is 48.6 Å². The molecule has 3 aromatic rings. The van der Waals surface area contributed by atoms with E-state index in [2.05, 4.69) is 4.98 Å². The van der Waals surface area contributed by atoms with Crippen molar-refractivity contribution in [3.05, 3.63) is 78.6 Å². The van der Waals surface area contributed by atoms with E-state index in [9.17, 15) is 18.3 Å². The van der Waals surface area contributed by atoms with Crippen molar-refractivity contribution in [2.75, 3.05) is 13.1 Å². The molecule has 2 heterocycles. The summed E-state index contributed by atoms with van der Waals surface area (Å²) in [6.45, 7) is 0.571. The average Bonchev–Trinajstić information content (AvgIpc) is 3.23. The Morgan fingerprint density at radius 1 is 1.09 bits per heavy atom. The number of phenolic OH excluding ortho intramolecular Hbond substituents is 1. The summed E-state index contributed by atoms with van der Waals surface area (Å²) in [6.07, 6.45) is 8.04. The molecule has 172 valence electrons. The molecule has 1 fully saturated rings. The number of carboxylic acids is 1. The Morgan fingerprint density at radius 2 is 1.91 bits per heavy atom. The van der Waals surface area contributed by atoms with Crippen LogP contribution in [-0.4, -0.2) is 47.0 Å². The SMILES string of the molecule is O=C(O)CC/C=C\CC1CN(S(=O)(=O)c2cccc3cnccc23)CC1c1ccccc1O. The second-order valence-corrected chi connectivity index (χ2v) is 10.1. The second kappa shape index (κ2) is 9.72. The smallest absolute Gasteiger partial charge is 0.303 e. The van der Waals surface area contributed by atoms with E-state index in [0.717, 1.165) is 10.9 Å². The molecule has 0 radical (unpaired) electrons. The summed E-state index contributed by atoms with van der Waals surface area (Å²) in [6, 6.07) is 13.9. The number of phenols is 1. The summed E-state index contributed by atoms with van der Waals surface area (Å²) in [7, 11) is -3.78. The minimum atomic E-state index is -3.78. The largest absolute Gasteiger partial charge is 0.508 e. The zero-order valence-electron chi connectivity index (χ0n) is 18.0. The fourth-order valence-corrected chi connectivity index (χ4v) is 6.21. The highest BCUT2D eigenvalue weighted by Gasteiger charge is 2.40. The van der Waals surface area contributed by atoms with Gasteiger partial charge in [0.05, 0.1) is 4.90 Å². The van der Waals surface area contributed by atoms with Gasteiger partial charge in [0.15, 0.2) is 0 Å². The number of rotatable bonds is 8. The fourth-order valence-electron chi connectivity index (χ4n) is 4.47. The molecule has 33 heavy (non-hydrogen) atoms. The van der Waals surface area contributed by atoms with Crippen LogP contribution in [0.1, 0.15) is 30.7 Å². The van der Waals surface area contributed by atoms with Gasteiger partial charge in [-0.15, -0.1) is 0 Å². The van der Waals surface area contributed by atoms with Gasteiger partial charge in [0.25, 0.3) is 0 Å². The van der Waals surface area contributed by atoms with Crippen LogP contribution in [0.3, 0.4) is 0 Å². The third-order valence-electron chi connectivity index (χ3n) is 6.13. The molecule has 7 nitrogen and oxygen atoms in total. The Morgan fingerprint density at radius 3 is 2.70 bits per heavy atom. The first-order valence-electron chi connectivity index (χ1n) is 10.9. The van der Waals surface area contributed by atoms with E-state index in [1.54, 1.807) is 42.7 Å². The van der Waals surface area contributed by atoms with Gasteiger partial charge in [-0.25, -0.2) is 8.42 Å². The maximum Gasteiger partial charge on any atom is 0.303 e. The van der Waals surface area contributed by atoms with E-state index in [1.165, 1.54) is 4.31 Å². The number of carbonyl (C=O) groups is 1. The topological polar surface area (TPSA) is 108 Å². The molecular formula is C25H26N2O5S. The first-order valence-corrected chi connectivity index (χ1v) is 12.3. The number of para-hydroxylation sites is 1. The molecule has 4 rings (SSSR count). The van der Waals surface area contributed by atoms with Crippen molar-refractivity contribution >= 4 is 26.8 Å². The van der Waals surface area contributed by atoms with Crippen molar-refractivity contribution in [3.8, 4) is 5.75 Å². The van der Waals surface area contributed by atoms with Crippen molar-refractivity contribution in [2.45, 2.75) is 30.1 Å². The van der Waals surface area contributed by atoms with E-state index in [4.69, 9.17) is 5.11 Å². The Balaban J connectivity index is 1.64. The monoisotopic (exact) mass is 466 g/mol. The standard InChI is InChI=1S/C25H26N2O5S/c28-23-10-5-4-9-21(23)22-17-27(16-19(22)7-2-1-3-12-25(29)30)33(31,32)24-11-6-8-18-15-26-14-13-20(18)24/h1-2,4-6,8-11,13-15,19,22,28H,3,7,12,16-17H2,(H,29,30)/b2-1-. The summed E-state index contributed by atoms with van der Waals surface area (Å²) in [4.78, 5) is 15.1. The number of hydrogen-bond acceptors (Lipinski definition) is 5. The van der Waals surface area contributed by atoms with E-state index in [1.807, 2.05) is 30.4 Å². The van der Waals surface area contributed by atoms with Crippen molar-refractivity contribution in [1.29, 1.82) is 0 Å². The Hall–Kier alpha value is -3.23. The summed E-state index contributed by atoms with van der Waals surface area (Å²) in [5.74, 6) is -0.930. The minimum absolute atomic E-state index is 0.0502. The quantitative estimate of drug-likeness (QED) is 0.483. The number of fused-ring (bicyclic) bond motifs is 1. The number of nitrogens with zero attached hydrogens (tertiary/aromatic N) is 2. The van der Waals surface area contributed by atoms with Crippen LogP contribution < -0.4 is 0 Å². The summed E-state index contributed by atoms with van der Waals surface area (Å²) < 4.78 is 28.8. The van der Waals surface area contributed by atoms with Crippen molar-refractivity contribution in [1.82, 2.24) is 9.29 Å². The maximum atomic E-state index is 13.7. The number of pyridine rings is 1. The maximum absolute atomic E-state index is 13.7. The van der Waals surface area contributed by atoms with Gasteiger partial charge in [-0.2, -0.15) is 4.31 Å². The van der Waals surface area contributed by atoms with Crippen LogP contribution in [0, 0.1) is 5.92 Å². The number of hydrogen-bond donors (Lipinski definition) is 2. The number of sulfonamides is 1. The second-order valence-electron chi connectivity index (χ2n) is 8.24. The molecule has 8 heteroatoms. The van der Waals surface area contributed by atoms with Crippen molar-refractivity contribution in [2.24, 2.45) is 5.92 Å². The highest BCUT2D eigenvalue weighted by atomic mass is 32.2. The zero-order valence-corrected chi connectivity index (χ0v) is 18.9. The predicted molar refractivity (Wildman–Crippen MR) is 125 cm³/mol. The number of aliphatic carboxylic acids is 1. The van der Waals surface area contributed by atoms with Gasteiger partial charge in [-0.3, -0.25) is 9.78 Å². The number of allylic oxidation sites excluding steroid dienone is 2. The molecule has 0 saturated carbocycles. The van der Waals surface area contributed by atoms with Gasteiger partial charge >= 0.3 is 5.97 Å². The van der Waals surface area contributed by atoms with Gasteiger partial charge in [0.2, 0.25) is 10.0 Å². The first kappa shape index (κ1) is 22.9. The molecule has 0 spiro atoms. The lowest BCUT2D eigenvalue weighted by molar-refractivity contribution is -0.136. The average molecular weight is 467 g/mol. The van der Waals surface area contributed by atoms with Gasteiger partial charge in [-0.05, 0) is 42.5 Å². The summed E-state index contributed by atoms with van der Waals surface area (Å²) in [5, 5.41) is 20.6. The van der Waals surface area contributed by atoms with Crippen LogP contribution in [0.25, 0.3) is 10.8 Å². The number of benzene rings is 2. The Labute approximate surface area is 193 Å². The van der Waals surface area contributed by atoms with Crippen LogP contribution in [0.4, 0.5) is 0 Å². The van der Waals surface area contributed by atoms with Crippen LogP contribution in [-0.2, 0) is 14.8 Å². The van der Waals surface area contributed by atoms with E-state index >= 15 is 0 Å². The van der Waals surface area contributed by atoms with E-state index in [0.29, 0.717) is 24.8 Å². The number of aromatic nitrogens is 1. The Kier molecular flexibility index (Phi) is 6.76. The molecule has 0 amide bonds. The third-order valence-corrected chi connectivity index (χ3v) is 8.02. The normalized spacial score (nSPS) is 19.4. The molecular weight excluding hydrogens is 440 g/mol. The first-order chi connectivity index (χ1) is 15.9. The predicted octanol–water partition coefficient (Wildman–Crippen LogP) is 4.16. The lowest BCUT2D eigenvalue weighted by atomic mass is 9.86. The third kappa shape index (κ3) is 4.91. The lowest BCUT2D eigenvalue weighted by Crippen LogP contribution is -2.29. The fraction of sp³-hybridized carbons (Fsp3) is 0.280. The summed E-state index contributed by atoms with van der Waals surface area (Å²) >= 11 is 0.